The van der Waals surface area contributed by atoms with Crippen LogP contribution in [0, 0.1) is 6.92 Å². The van der Waals surface area contributed by atoms with E-state index in [9.17, 15) is 4.79 Å². The summed E-state index contributed by atoms with van der Waals surface area (Å²) in [5.74, 6) is 0.911. The van der Waals surface area contributed by atoms with Crippen LogP contribution in [0.3, 0.4) is 0 Å². The molecule has 1 aromatic rings. The molecule has 0 spiro atoms. The Morgan fingerprint density at radius 1 is 1.38 bits per heavy atom. The lowest BCUT2D eigenvalue weighted by Crippen LogP contribution is -2.44. The van der Waals surface area contributed by atoms with Gasteiger partial charge in [0.1, 0.15) is 5.75 Å². The van der Waals surface area contributed by atoms with Crippen LogP contribution in [0.4, 0.5) is 0 Å². The maximum absolute atomic E-state index is 12.0. The monoisotopic (exact) mass is 311 g/mol. The summed E-state index contributed by atoms with van der Waals surface area (Å²) in [5.41, 5.74) is 1.76. The fraction of sp³-hybridized carbons (Fsp3) is 0.588. The van der Waals surface area contributed by atoms with Gasteiger partial charge in [-0.2, -0.15) is 0 Å². The molecule has 0 aromatic heterocycles. The number of benzene rings is 1. The molecule has 0 saturated carbocycles. The Morgan fingerprint density at radius 3 is 2.52 bits per heavy atom. The molecule has 1 amide bonds. The Kier molecular flexibility index (Phi) is 6.09. The highest BCUT2D eigenvalue weighted by molar-refractivity contribution is 6.31. The molecule has 0 bridgehead atoms. The van der Waals surface area contributed by atoms with Crippen LogP contribution in [0.15, 0.2) is 12.1 Å². The van der Waals surface area contributed by atoms with E-state index in [-0.39, 0.29) is 24.0 Å². The van der Waals surface area contributed by atoms with E-state index in [0.717, 1.165) is 28.3 Å². The van der Waals surface area contributed by atoms with Gasteiger partial charge in [0.2, 0.25) is 0 Å². The molecule has 0 aliphatic heterocycles. The molecule has 0 aliphatic carbocycles. The van der Waals surface area contributed by atoms with Crippen molar-refractivity contribution in [1.82, 2.24) is 5.32 Å². The zero-order valence-corrected chi connectivity index (χ0v) is 14.6. The fourth-order valence-electron chi connectivity index (χ4n) is 1.89. The van der Waals surface area contributed by atoms with Gasteiger partial charge in [-0.25, -0.2) is 0 Å². The lowest BCUT2D eigenvalue weighted by atomic mass is 10.0. The highest BCUT2D eigenvalue weighted by Gasteiger charge is 2.19. The van der Waals surface area contributed by atoms with Crippen molar-refractivity contribution in [2.75, 3.05) is 6.61 Å². The summed E-state index contributed by atoms with van der Waals surface area (Å²) in [6, 6.07) is 3.82. The Labute approximate surface area is 133 Å². The van der Waals surface area contributed by atoms with Crippen LogP contribution < -0.4 is 10.1 Å². The van der Waals surface area contributed by atoms with Gasteiger partial charge in [-0.3, -0.25) is 4.79 Å². The normalized spacial score (nSPS) is 11.6. The van der Waals surface area contributed by atoms with Crippen LogP contribution >= 0.6 is 11.6 Å². The minimum absolute atomic E-state index is 0.0181. The summed E-state index contributed by atoms with van der Waals surface area (Å²) >= 11 is 6.16. The minimum atomic E-state index is -0.211. The maximum Gasteiger partial charge on any atom is 0.258 e. The largest absolute Gasteiger partial charge is 0.483 e. The van der Waals surface area contributed by atoms with Gasteiger partial charge >= 0.3 is 0 Å². The van der Waals surface area contributed by atoms with E-state index in [1.807, 2.05) is 39.8 Å². The number of rotatable bonds is 6. The number of nitrogens with one attached hydrogen (secondary N) is 1. The number of amides is 1. The number of aryl methyl sites for hydroxylation is 1. The van der Waals surface area contributed by atoms with Gasteiger partial charge in [0, 0.05) is 10.6 Å². The molecule has 4 heteroatoms. The Hall–Kier alpha value is -1.22. The molecule has 3 nitrogen and oxygen atoms in total. The van der Waals surface area contributed by atoms with Crippen LogP contribution in [0.25, 0.3) is 0 Å². The Bertz CT molecular complexity index is 510. The van der Waals surface area contributed by atoms with Gasteiger partial charge in [-0.1, -0.05) is 32.4 Å². The van der Waals surface area contributed by atoms with Crippen LogP contribution in [-0.2, 0) is 4.79 Å². The number of ether oxygens (including phenoxy) is 1. The molecule has 0 radical (unpaired) electrons. The molecular weight excluding hydrogens is 286 g/mol. The van der Waals surface area contributed by atoms with Gasteiger partial charge in [-0.05, 0) is 56.4 Å². The topological polar surface area (TPSA) is 38.3 Å². The summed E-state index contributed by atoms with van der Waals surface area (Å²) in [7, 11) is 0. The summed E-state index contributed by atoms with van der Waals surface area (Å²) < 4.78 is 5.72. The molecule has 0 unspecified atom stereocenters. The van der Waals surface area contributed by atoms with Crippen molar-refractivity contribution in [3.05, 3.63) is 28.3 Å². The third-order valence-electron chi connectivity index (χ3n) is 3.63. The highest BCUT2D eigenvalue weighted by atomic mass is 35.5. The van der Waals surface area contributed by atoms with Crippen LogP contribution in [0.5, 0.6) is 5.75 Å². The van der Waals surface area contributed by atoms with Gasteiger partial charge in [0.15, 0.2) is 6.61 Å². The number of carbonyl (C=O) groups is 1. The second-order valence-electron chi connectivity index (χ2n) is 6.37. The van der Waals surface area contributed by atoms with E-state index in [2.05, 4.69) is 19.2 Å². The first-order valence-corrected chi connectivity index (χ1v) is 7.78. The molecule has 21 heavy (non-hydrogen) atoms. The number of halogens is 1. The summed E-state index contributed by atoms with van der Waals surface area (Å²) in [4.78, 5) is 12.0. The van der Waals surface area contributed by atoms with Crippen LogP contribution in [-0.4, -0.2) is 18.1 Å². The van der Waals surface area contributed by atoms with Crippen molar-refractivity contribution in [2.45, 2.75) is 59.4 Å². The van der Waals surface area contributed by atoms with Gasteiger partial charge < -0.3 is 10.1 Å². The molecule has 0 fully saturated rings. The van der Waals surface area contributed by atoms with Gasteiger partial charge in [0.25, 0.3) is 5.91 Å². The first-order chi connectivity index (χ1) is 9.66. The van der Waals surface area contributed by atoms with Crippen molar-refractivity contribution in [3.63, 3.8) is 0 Å². The van der Waals surface area contributed by atoms with Gasteiger partial charge in [0.05, 0.1) is 0 Å². The molecule has 1 rings (SSSR count). The van der Waals surface area contributed by atoms with Crippen molar-refractivity contribution < 1.29 is 9.53 Å². The smallest absolute Gasteiger partial charge is 0.258 e. The lowest BCUT2D eigenvalue weighted by Gasteiger charge is -2.24. The van der Waals surface area contributed by atoms with Gasteiger partial charge in [-0.15, -0.1) is 0 Å². The quantitative estimate of drug-likeness (QED) is 0.842. The zero-order chi connectivity index (χ0) is 16.2. The molecule has 1 N–H and O–H groups in total. The third-order valence-corrected chi connectivity index (χ3v) is 4.04. The highest BCUT2D eigenvalue weighted by Crippen LogP contribution is 2.31. The molecule has 0 saturated heterocycles. The Morgan fingerprint density at radius 2 is 2.00 bits per heavy atom. The standard InChI is InChI=1S/C17H26ClNO2/c1-7-17(5,6)19-16(20)10-21-15-8-12(4)14(18)9-13(15)11(2)3/h8-9,11H,7,10H2,1-6H3,(H,19,20). The molecule has 1 aromatic carbocycles. The van der Waals surface area contributed by atoms with Crippen molar-refractivity contribution in [1.29, 1.82) is 0 Å². The second kappa shape index (κ2) is 7.17. The zero-order valence-electron chi connectivity index (χ0n) is 13.8. The lowest BCUT2D eigenvalue weighted by molar-refractivity contribution is -0.124. The number of carbonyl (C=O) groups excluding carboxylic acids is 1. The average Bonchev–Trinajstić information content (AvgIpc) is 2.39. The fourth-order valence-corrected chi connectivity index (χ4v) is 2.06. The molecule has 0 aliphatic rings. The van der Waals surface area contributed by atoms with E-state index >= 15 is 0 Å². The summed E-state index contributed by atoms with van der Waals surface area (Å²) in [6.07, 6.45) is 0.871. The third kappa shape index (κ3) is 5.24. The predicted octanol–water partition coefficient (Wildman–Crippen LogP) is 4.46. The molecule has 0 atom stereocenters. The molecular formula is C17H26ClNO2. The second-order valence-corrected chi connectivity index (χ2v) is 6.78. The summed E-state index contributed by atoms with van der Waals surface area (Å²) in [6.45, 7) is 12.1. The van der Waals surface area contributed by atoms with E-state index < -0.39 is 0 Å². The van der Waals surface area contributed by atoms with Crippen LogP contribution in [0.2, 0.25) is 5.02 Å². The van der Waals surface area contributed by atoms with E-state index in [1.54, 1.807) is 0 Å². The SMILES string of the molecule is CCC(C)(C)NC(=O)COc1cc(C)c(Cl)cc1C(C)C. The van der Waals surface area contributed by atoms with Crippen molar-refractivity contribution >= 4 is 17.5 Å². The Balaban J connectivity index is 2.80. The van der Waals surface area contributed by atoms with E-state index in [1.165, 1.54) is 0 Å². The predicted molar refractivity (Wildman–Crippen MR) is 88.3 cm³/mol. The molecule has 0 heterocycles. The average molecular weight is 312 g/mol. The summed E-state index contributed by atoms with van der Waals surface area (Å²) in [5, 5.41) is 3.69. The van der Waals surface area contributed by atoms with Crippen molar-refractivity contribution in [2.24, 2.45) is 0 Å². The van der Waals surface area contributed by atoms with Crippen LogP contribution in [0.1, 0.15) is 58.1 Å². The number of hydrogen-bond acceptors (Lipinski definition) is 2. The van der Waals surface area contributed by atoms with E-state index in [4.69, 9.17) is 16.3 Å². The maximum atomic E-state index is 12.0. The first-order valence-electron chi connectivity index (χ1n) is 7.40. The first kappa shape index (κ1) is 17.8. The minimum Gasteiger partial charge on any atom is -0.483 e. The van der Waals surface area contributed by atoms with E-state index in [0.29, 0.717) is 0 Å². The molecule has 118 valence electrons. The van der Waals surface area contributed by atoms with Crippen molar-refractivity contribution in [3.8, 4) is 5.75 Å². The number of hydrogen-bond donors (Lipinski definition) is 1.